The predicted octanol–water partition coefficient (Wildman–Crippen LogP) is 2.85. The summed E-state index contributed by atoms with van der Waals surface area (Å²) < 4.78 is 23.8. The fourth-order valence-electron chi connectivity index (χ4n) is 4.11. The van der Waals surface area contributed by atoms with Crippen molar-refractivity contribution in [3.63, 3.8) is 0 Å². The van der Waals surface area contributed by atoms with Crippen LogP contribution in [0.2, 0.25) is 0 Å². The van der Waals surface area contributed by atoms with Crippen molar-refractivity contribution in [1.29, 1.82) is 0 Å². The van der Waals surface area contributed by atoms with Crippen molar-refractivity contribution in [2.45, 2.75) is 57.0 Å². The van der Waals surface area contributed by atoms with Crippen molar-refractivity contribution in [3.8, 4) is 0 Å². The van der Waals surface area contributed by atoms with Gasteiger partial charge in [-0.15, -0.1) is 0 Å². The molecule has 0 spiro atoms. The Labute approximate surface area is 177 Å². The Morgan fingerprint density at radius 3 is 2.27 bits per heavy atom. The zero-order valence-corrected chi connectivity index (χ0v) is 17.2. The molecule has 160 valence electrons. The predicted molar refractivity (Wildman–Crippen MR) is 112 cm³/mol. The van der Waals surface area contributed by atoms with E-state index in [4.69, 9.17) is 18.9 Å². The topological polar surface area (TPSA) is 66.0 Å². The molecule has 5 atom stereocenters. The zero-order valence-electron chi connectivity index (χ0n) is 17.2. The van der Waals surface area contributed by atoms with Gasteiger partial charge in [0.25, 0.3) is 0 Å². The normalized spacial score (nSPS) is 28.1. The van der Waals surface area contributed by atoms with Crippen LogP contribution in [0.4, 0.5) is 0 Å². The van der Waals surface area contributed by atoms with Gasteiger partial charge in [-0.3, -0.25) is 10.1 Å². The van der Waals surface area contributed by atoms with Crippen molar-refractivity contribution < 1.29 is 23.7 Å². The molecule has 2 aromatic rings. The molecule has 2 fully saturated rings. The van der Waals surface area contributed by atoms with Crippen LogP contribution in [0.5, 0.6) is 0 Å². The van der Waals surface area contributed by atoms with Gasteiger partial charge in [-0.25, -0.2) is 0 Å². The molecule has 2 aliphatic heterocycles. The van der Waals surface area contributed by atoms with Crippen molar-refractivity contribution in [1.82, 2.24) is 5.32 Å². The van der Waals surface area contributed by atoms with Crippen LogP contribution in [0.1, 0.15) is 24.5 Å². The number of nitrogens with one attached hydrogen (secondary N) is 1. The summed E-state index contributed by atoms with van der Waals surface area (Å²) in [5, 5.41) is 3.39. The maximum atomic E-state index is 12.3. The lowest BCUT2D eigenvalue weighted by Gasteiger charge is -2.39. The average Bonchev–Trinajstić information content (AvgIpc) is 3.23. The Morgan fingerprint density at radius 2 is 1.63 bits per heavy atom. The maximum Gasteiger partial charge on any atom is 0.323 e. The number of ether oxygens (including phenoxy) is 4. The summed E-state index contributed by atoms with van der Waals surface area (Å²) in [5.74, 6) is -0.237. The van der Waals surface area contributed by atoms with E-state index in [9.17, 15) is 4.79 Å². The highest BCUT2D eigenvalue weighted by atomic mass is 16.6. The van der Waals surface area contributed by atoms with Crippen molar-refractivity contribution >= 4 is 5.97 Å². The van der Waals surface area contributed by atoms with E-state index in [1.54, 1.807) is 0 Å². The van der Waals surface area contributed by atoms with Gasteiger partial charge >= 0.3 is 5.97 Å². The number of hydrogen-bond donors (Lipinski definition) is 1. The van der Waals surface area contributed by atoms with E-state index >= 15 is 0 Å². The third-order valence-electron chi connectivity index (χ3n) is 5.62. The molecule has 0 aromatic heterocycles. The van der Waals surface area contributed by atoms with Crippen LogP contribution in [-0.2, 0) is 37.0 Å². The maximum absolute atomic E-state index is 12.3. The number of carbonyl (C=O) groups excluding carboxylic acids is 1. The van der Waals surface area contributed by atoms with Crippen LogP contribution >= 0.6 is 0 Å². The van der Waals surface area contributed by atoms with E-state index in [1.165, 1.54) is 0 Å². The van der Waals surface area contributed by atoms with Gasteiger partial charge in [0.2, 0.25) is 0 Å². The molecule has 4 rings (SSSR count). The van der Waals surface area contributed by atoms with Crippen LogP contribution in [-0.4, -0.2) is 49.6 Å². The summed E-state index contributed by atoms with van der Waals surface area (Å²) >= 11 is 0. The van der Waals surface area contributed by atoms with Crippen LogP contribution in [0.3, 0.4) is 0 Å². The lowest BCUT2D eigenvalue weighted by atomic mass is 9.97. The quantitative estimate of drug-likeness (QED) is 0.674. The molecule has 6 nitrogen and oxygen atoms in total. The molecule has 2 aromatic carbocycles. The highest BCUT2D eigenvalue weighted by Crippen LogP contribution is 2.30. The van der Waals surface area contributed by atoms with Gasteiger partial charge in [0.15, 0.2) is 0 Å². The minimum absolute atomic E-state index is 0.100. The van der Waals surface area contributed by atoms with E-state index in [0.717, 1.165) is 11.1 Å². The zero-order chi connectivity index (χ0) is 20.8. The van der Waals surface area contributed by atoms with Gasteiger partial charge in [-0.05, 0) is 18.1 Å². The summed E-state index contributed by atoms with van der Waals surface area (Å²) in [6, 6.07) is 19.6. The molecule has 2 aliphatic rings. The van der Waals surface area contributed by atoms with Gasteiger partial charge in [0, 0.05) is 6.42 Å². The summed E-state index contributed by atoms with van der Waals surface area (Å²) in [6.45, 7) is 3.58. The number of esters is 1. The second-order valence-corrected chi connectivity index (χ2v) is 7.70. The SMILES string of the molecule is CCOC(=O)[C@H]1C[C@H]2OC[C@@H](OCc3ccccc3)[C@@H](OCc3ccccc3)[C@H]2N1. The number of carbonyl (C=O) groups is 1. The highest BCUT2D eigenvalue weighted by Gasteiger charge is 2.49. The number of hydrogen-bond acceptors (Lipinski definition) is 6. The molecule has 6 heteroatoms. The summed E-state index contributed by atoms with van der Waals surface area (Å²) in [7, 11) is 0. The van der Waals surface area contributed by atoms with E-state index in [2.05, 4.69) is 5.32 Å². The first-order valence-electron chi connectivity index (χ1n) is 10.6. The second-order valence-electron chi connectivity index (χ2n) is 7.70. The minimum Gasteiger partial charge on any atom is -0.465 e. The summed E-state index contributed by atoms with van der Waals surface area (Å²) in [6.07, 6.45) is 0.0209. The molecule has 30 heavy (non-hydrogen) atoms. The van der Waals surface area contributed by atoms with Crippen LogP contribution in [0, 0.1) is 0 Å². The van der Waals surface area contributed by atoms with Gasteiger partial charge < -0.3 is 18.9 Å². The summed E-state index contributed by atoms with van der Waals surface area (Å²) in [5.41, 5.74) is 2.20. The molecule has 2 saturated heterocycles. The van der Waals surface area contributed by atoms with Gasteiger partial charge in [-0.1, -0.05) is 60.7 Å². The number of benzene rings is 2. The Balaban J connectivity index is 1.45. The van der Waals surface area contributed by atoms with Gasteiger partial charge in [-0.2, -0.15) is 0 Å². The number of fused-ring (bicyclic) bond motifs is 1. The minimum atomic E-state index is -0.379. The van der Waals surface area contributed by atoms with Gasteiger partial charge in [0.1, 0.15) is 18.2 Å². The largest absolute Gasteiger partial charge is 0.465 e. The molecule has 0 aliphatic carbocycles. The van der Waals surface area contributed by atoms with Crippen LogP contribution in [0.25, 0.3) is 0 Å². The van der Waals surface area contributed by atoms with Crippen LogP contribution < -0.4 is 5.32 Å². The van der Waals surface area contributed by atoms with E-state index in [0.29, 0.717) is 32.8 Å². The highest BCUT2D eigenvalue weighted by molar-refractivity contribution is 5.76. The third kappa shape index (κ3) is 5.08. The van der Waals surface area contributed by atoms with E-state index < -0.39 is 0 Å². The molecule has 0 amide bonds. The first kappa shape index (κ1) is 21.0. The van der Waals surface area contributed by atoms with Crippen molar-refractivity contribution in [2.75, 3.05) is 13.2 Å². The molecular formula is C24H29NO5. The Bertz CT molecular complexity index is 800. The molecule has 0 unspecified atom stereocenters. The Kier molecular flexibility index (Phi) is 7.12. The monoisotopic (exact) mass is 411 g/mol. The lowest BCUT2D eigenvalue weighted by Crippen LogP contribution is -2.57. The average molecular weight is 411 g/mol. The molecule has 0 radical (unpaired) electrons. The molecule has 2 heterocycles. The molecule has 1 N–H and O–H groups in total. The summed E-state index contributed by atoms with van der Waals surface area (Å²) in [4.78, 5) is 12.3. The van der Waals surface area contributed by atoms with Crippen molar-refractivity contribution in [3.05, 3.63) is 71.8 Å². The molecule has 0 saturated carbocycles. The first-order valence-corrected chi connectivity index (χ1v) is 10.6. The Hall–Kier alpha value is -2.25. The fourth-order valence-corrected chi connectivity index (χ4v) is 4.11. The lowest BCUT2D eigenvalue weighted by molar-refractivity contribution is -0.177. The van der Waals surface area contributed by atoms with Crippen LogP contribution in [0.15, 0.2) is 60.7 Å². The fraction of sp³-hybridized carbons (Fsp3) is 0.458. The van der Waals surface area contributed by atoms with E-state index in [1.807, 2.05) is 67.6 Å². The number of rotatable bonds is 8. The van der Waals surface area contributed by atoms with Gasteiger partial charge in [0.05, 0.1) is 38.6 Å². The standard InChI is InChI=1S/C24H29NO5/c1-2-27-24(26)19-13-20-22(25-19)23(30-15-18-11-7-4-8-12-18)21(16-29-20)28-14-17-9-5-3-6-10-17/h3-12,19-23,25H,2,13-16H2,1H3/t19-,20-,21-,22+,23-/m1/s1. The smallest absolute Gasteiger partial charge is 0.323 e. The van der Waals surface area contributed by atoms with Crippen molar-refractivity contribution in [2.24, 2.45) is 0 Å². The third-order valence-corrected chi connectivity index (χ3v) is 5.62. The Morgan fingerprint density at radius 1 is 1.00 bits per heavy atom. The van der Waals surface area contributed by atoms with E-state index in [-0.39, 0.29) is 36.4 Å². The molecular weight excluding hydrogens is 382 g/mol. The molecule has 0 bridgehead atoms. The first-order chi connectivity index (χ1) is 14.7. The second kappa shape index (κ2) is 10.2.